The topological polar surface area (TPSA) is 98.1 Å². The average molecular weight is 509 g/mol. The van der Waals surface area contributed by atoms with Gasteiger partial charge < -0.3 is 15.0 Å². The summed E-state index contributed by atoms with van der Waals surface area (Å²) in [6, 6.07) is 7.46. The molecule has 190 valence electrons. The van der Waals surface area contributed by atoms with Crippen molar-refractivity contribution in [3.8, 4) is 28.3 Å². The second kappa shape index (κ2) is 7.97. The summed E-state index contributed by atoms with van der Waals surface area (Å²) >= 11 is 0. The number of carbonyl (C=O) groups excluding carboxylic acids is 1. The first-order valence-electron chi connectivity index (χ1n) is 11.5. The minimum atomic E-state index is -3.08. The molecule has 1 amide bonds. The fourth-order valence-corrected chi connectivity index (χ4v) is 5.31. The number of pyridine rings is 1. The number of hydrogen-bond acceptors (Lipinski definition) is 7. The van der Waals surface area contributed by atoms with E-state index in [0.29, 0.717) is 33.5 Å². The molecule has 2 atom stereocenters. The number of alkyl halides is 2. The Morgan fingerprint density at radius 2 is 1.92 bits per heavy atom. The Labute approximate surface area is 209 Å². The summed E-state index contributed by atoms with van der Waals surface area (Å²) in [6.07, 6.45) is 3.11. The highest BCUT2D eigenvalue weighted by Crippen LogP contribution is 2.69. The molecule has 37 heavy (non-hydrogen) atoms. The summed E-state index contributed by atoms with van der Waals surface area (Å²) in [5.41, 5.74) is 1.15. The number of methoxy groups -OCH3 is 1. The van der Waals surface area contributed by atoms with E-state index >= 15 is 0 Å². The van der Waals surface area contributed by atoms with E-state index in [4.69, 9.17) is 4.74 Å². The molecule has 0 spiro atoms. The summed E-state index contributed by atoms with van der Waals surface area (Å²) in [5.74, 6) is -5.12. The lowest BCUT2D eigenvalue weighted by molar-refractivity contribution is -0.125. The van der Waals surface area contributed by atoms with Gasteiger partial charge in [0.2, 0.25) is 5.91 Å². The highest BCUT2D eigenvalue weighted by molar-refractivity contribution is 6.02. The number of piperidine rings is 1. The molecule has 0 bridgehead atoms. The fourth-order valence-electron chi connectivity index (χ4n) is 5.31. The summed E-state index contributed by atoms with van der Waals surface area (Å²) in [4.78, 5) is 28.2. The molecule has 0 radical (unpaired) electrons. The zero-order chi connectivity index (χ0) is 26.1. The number of carbonyl (C=O) groups is 1. The van der Waals surface area contributed by atoms with Crippen LogP contribution in [0.15, 0.2) is 42.9 Å². The largest absolute Gasteiger partial charge is 0.493 e. The Morgan fingerprint density at radius 1 is 1.16 bits per heavy atom. The zero-order valence-electron chi connectivity index (χ0n) is 20.2. The molecule has 1 saturated heterocycles. The van der Waals surface area contributed by atoms with Crippen LogP contribution in [-0.4, -0.2) is 68.7 Å². The summed E-state index contributed by atoms with van der Waals surface area (Å²) in [7, 11) is 4.85. The molecule has 1 saturated carbocycles. The van der Waals surface area contributed by atoms with E-state index in [1.54, 1.807) is 48.1 Å². The van der Waals surface area contributed by atoms with Gasteiger partial charge in [-0.1, -0.05) is 0 Å². The van der Waals surface area contributed by atoms with Gasteiger partial charge in [-0.15, -0.1) is 0 Å². The first-order chi connectivity index (χ1) is 17.7. The van der Waals surface area contributed by atoms with Crippen LogP contribution in [0.2, 0.25) is 0 Å². The van der Waals surface area contributed by atoms with Crippen molar-refractivity contribution in [2.24, 2.45) is 18.4 Å². The summed E-state index contributed by atoms with van der Waals surface area (Å²) in [5, 5.41) is 7.10. The minimum Gasteiger partial charge on any atom is -0.493 e. The maximum atomic E-state index is 14.6. The van der Waals surface area contributed by atoms with Crippen LogP contribution in [0.4, 0.5) is 19.0 Å². The van der Waals surface area contributed by atoms with Crippen LogP contribution < -0.4 is 10.1 Å². The number of benzene rings is 1. The van der Waals surface area contributed by atoms with Gasteiger partial charge in [0.15, 0.2) is 11.6 Å². The lowest BCUT2D eigenvalue weighted by atomic mass is 10.0. The second-order valence-corrected chi connectivity index (χ2v) is 9.50. The minimum absolute atomic E-state index is 0.00588. The van der Waals surface area contributed by atoms with Crippen molar-refractivity contribution in [2.75, 3.05) is 32.6 Å². The number of likely N-dealkylation sites (tertiary alicyclic amines) is 1. The van der Waals surface area contributed by atoms with E-state index in [2.05, 4.69) is 25.4 Å². The number of aromatic nitrogens is 5. The number of aryl methyl sites for hydroxylation is 1. The zero-order valence-corrected chi connectivity index (χ0v) is 20.2. The molecule has 4 aromatic rings. The van der Waals surface area contributed by atoms with Gasteiger partial charge in [-0.25, -0.2) is 28.1 Å². The maximum absolute atomic E-state index is 14.6. The van der Waals surface area contributed by atoms with Gasteiger partial charge in [0.1, 0.15) is 34.5 Å². The SMILES string of the molecule is COc1cc2ncnc(-c3cn(C)nc3-c3ccc(F)cc3)c2nc1NC(=O)[C@@]12CN(C)C[C@@H]1C2(F)F. The smallest absolute Gasteiger partial charge is 0.269 e. The third kappa shape index (κ3) is 3.39. The molecule has 1 aliphatic heterocycles. The first kappa shape index (κ1) is 23.3. The molecule has 2 fully saturated rings. The van der Waals surface area contributed by atoms with Crippen LogP contribution in [0.3, 0.4) is 0 Å². The van der Waals surface area contributed by atoms with Crippen LogP contribution in [0.25, 0.3) is 33.5 Å². The number of ether oxygens (including phenoxy) is 1. The lowest BCUT2D eigenvalue weighted by Gasteiger charge is -2.19. The van der Waals surface area contributed by atoms with Crippen LogP contribution in [-0.2, 0) is 11.8 Å². The molecular weight excluding hydrogens is 487 g/mol. The molecule has 0 unspecified atom stereocenters. The normalized spacial score (nSPS) is 22.2. The van der Waals surface area contributed by atoms with Crippen molar-refractivity contribution >= 4 is 22.8 Å². The molecule has 9 nitrogen and oxygen atoms in total. The summed E-state index contributed by atoms with van der Waals surface area (Å²) < 4.78 is 49.7. The highest BCUT2D eigenvalue weighted by Gasteiger charge is 2.87. The predicted octanol–water partition coefficient (Wildman–Crippen LogP) is 3.38. The Hall–Kier alpha value is -4.06. The third-order valence-corrected chi connectivity index (χ3v) is 7.19. The number of nitrogens with zero attached hydrogens (tertiary/aromatic N) is 6. The van der Waals surface area contributed by atoms with Crippen LogP contribution in [0.5, 0.6) is 5.75 Å². The molecule has 1 N–H and O–H groups in total. The van der Waals surface area contributed by atoms with Gasteiger partial charge in [0.05, 0.1) is 18.5 Å². The van der Waals surface area contributed by atoms with Gasteiger partial charge in [-0.05, 0) is 31.3 Å². The van der Waals surface area contributed by atoms with E-state index < -0.39 is 23.2 Å². The van der Waals surface area contributed by atoms with E-state index in [1.807, 2.05) is 0 Å². The van der Waals surface area contributed by atoms with Crippen LogP contribution >= 0.6 is 0 Å². The van der Waals surface area contributed by atoms with Crippen molar-refractivity contribution in [3.63, 3.8) is 0 Å². The third-order valence-electron chi connectivity index (χ3n) is 7.19. The molecule has 6 rings (SSSR count). The number of nitrogens with one attached hydrogen (secondary N) is 1. The Kier molecular flexibility index (Phi) is 5.03. The van der Waals surface area contributed by atoms with Crippen molar-refractivity contribution in [1.29, 1.82) is 0 Å². The quantitative estimate of drug-likeness (QED) is 0.441. The number of fused-ring (bicyclic) bond motifs is 2. The maximum Gasteiger partial charge on any atom is 0.269 e. The Morgan fingerprint density at radius 3 is 2.62 bits per heavy atom. The molecule has 2 aliphatic rings. The first-order valence-corrected chi connectivity index (χ1v) is 11.5. The average Bonchev–Trinajstić information content (AvgIpc) is 3.22. The molecule has 3 aromatic heterocycles. The standard InChI is InChI=1S/C25H22F3N7O2/c1-34-10-18-24(11-34,25(18,27)28)23(36)32-22-17(37-3)8-16-21(31-22)20(30-12-29-16)15-9-35(2)33-19(15)13-4-6-14(26)7-5-13/h4-9,12,18H,10-11H2,1-3H3,(H,31,32,36)/t18-,24+/m0/s1. The molecule has 4 heterocycles. The van der Waals surface area contributed by atoms with Crippen molar-refractivity contribution < 1.29 is 22.7 Å². The second-order valence-electron chi connectivity index (χ2n) is 9.50. The number of rotatable bonds is 5. The Balaban J connectivity index is 1.45. The van der Waals surface area contributed by atoms with Gasteiger partial charge in [0, 0.05) is 43.5 Å². The molecular formula is C25H22F3N7O2. The van der Waals surface area contributed by atoms with Crippen LogP contribution in [0.1, 0.15) is 0 Å². The molecule has 1 aliphatic carbocycles. The molecule has 1 aromatic carbocycles. The van der Waals surface area contributed by atoms with Crippen molar-refractivity contribution in [1.82, 2.24) is 29.6 Å². The van der Waals surface area contributed by atoms with Gasteiger partial charge in [0.25, 0.3) is 5.92 Å². The predicted molar refractivity (Wildman–Crippen MR) is 128 cm³/mol. The van der Waals surface area contributed by atoms with E-state index in [-0.39, 0.29) is 30.5 Å². The van der Waals surface area contributed by atoms with Crippen molar-refractivity contribution in [2.45, 2.75) is 5.92 Å². The number of anilines is 1. The van der Waals surface area contributed by atoms with Crippen LogP contribution in [0, 0.1) is 17.2 Å². The van der Waals surface area contributed by atoms with Gasteiger partial charge in [-0.3, -0.25) is 9.48 Å². The fraction of sp³-hybridized carbons (Fsp3) is 0.320. The van der Waals surface area contributed by atoms with E-state index in [9.17, 15) is 18.0 Å². The number of amides is 1. The summed E-state index contributed by atoms with van der Waals surface area (Å²) in [6.45, 7) is 0.103. The monoisotopic (exact) mass is 509 g/mol. The Bertz CT molecular complexity index is 1560. The van der Waals surface area contributed by atoms with Gasteiger partial charge >= 0.3 is 0 Å². The van der Waals surface area contributed by atoms with Gasteiger partial charge in [-0.2, -0.15) is 5.10 Å². The van der Waals surface area contributed by atoms with E-state index in [1.165, 1.54) is 25.6 Å². The molecule has 12 heteroatoms. The number of hydrogen-bond donors (Lipinski definition) is 1. The lowest BCUT2D eigenvalue weighted by Crippen LogP contribution is -2.36. The number of halogens is 3. The van der Waals surface area contributed by atoms with E-state index in [0.717, 1.165) is 0 Å². The highest BCUT2D eigenvalue weighted by atomic mass is 19.3. The van der Waals surface area contributed by atoms with Crippen molar-refractivity contribution in [3.05, 3.63) is 48.7 Å².